The molecule has 0 saturated carbocycles. The molecule has 0 bridgehead atoms. The molecular weight excluding hydrogens is 214 g/mol. The molecular formula is C14H21NO2. The van der Waals surface area contributed by atoms with Crippen LogP contribution < -0.4 is 5.48 Å². The zero-order chi connectivity index (χ0) is 12.7. The molecule has 94 valence electrons. The number of carbonyl (C=O) groups is 1. The Labute approximate surface area is 103 Å². The highest BCUT2D eigenvalue weighted by atomic mass is 16.6. The zero-order valence-electron chi connectivity index (χ0n) is 10.8. The average molecular weight is 235 g/mol. The molecule has 0 heterocycles. The molecule has 17 heavy (non-hydrogen) atoms. The molecule has 0 aliphatic rings. The molecule has 0 spiro atoms. The number of amides is 1. The molecule has 0 aromatic heterocycles. The van der Waals surface area contributed by atoms with E-state index in [2.05, 4.69) is 24.2 Å². The van der Waals surface area contributed by atoms with E-state index in [4.69, 9.17) is 0 Å². The second kappa shape index (κ2) is 7.07. The van der Waals surface area contributed by atoms with Gasteiger partial charge in [0.25, 0.3) is 5.91 Å². The summed E-state index contributed by atoms with van der Waals surface area (Å²) in [6.07, 6.45) is 3.46. The summed E-state index contributed by atoms with van der Waals surface area (Å²) in [5.41, 5.74) is 4.17. The van der Waals surface area contributed by atoms with Crippen LogP contribution in [0, 0.1) is 0 Å². The van der Waals surface area contributed by atoms with Crippen molar-refractivity contribution in [1.82, 2.24) is 5.48 Å². The first-order chi connectivity index (χ1) is 8.20. The van der Waals surface area contributed by atoms with Gasteiger partial charge in [-0.1, -0.05) is 44.9 Å². The summed E-state index contributed by atoms with van der Waals surface area (Å²) in [6.45, 7) is 4.34. The number of nitrogens with one attached hydrogen (secondary N) is 1. The highest BCUT2D eigenvalue weighted by Crippen LogP contribution is 2.24. The molecule has 1 amide bonds. The lowest BCUT2D eigenvalue weighted by molar-refractivity contribution is 0.0536. The molecule has 1 aromatic rings. The highest BCUT2D eigenvalue weighted by molar-refractivity contribution is 5.95. The molecule has 0 aliphatic heterocycles. The number of benzene rings is 1. The molecule has 3 heteroatoms. The molecule has 0 saturated heterocycles. The van der Waals surface area contributed by atoms with Gasteiger partial charge in [-0.3, -0.25) is 9.63 Å². The molecule has 0 aliphatic carbocycles. The van der Waals surface area contributed by atoms with Gasteiger partial charge < -0.3 is 0 Å². The Bertz CT molecular complexity index is 363. The number of hydroxylamine groups is 1. The molecule has 3 nitrogen and oxygen atoms in total. The SMILES string of the molecule is CCCCC(C)c1ccccc1C(=O)NOC. The quantitative estimate of drug-likeness (QED) is 0.768. The van der Waals surface area contributed by atoms with Crippen molar-refractivity contribution in [3.05, 3.63) is 35.4 Å². The van der Waals surface area contributed by atoms with Crippen LogP contribution in [0.2, 0.25) is 0 Å². The molecule has 1 unspecified atom stereocenters. The van der Waals surface area contributed by atoms with Crippen LogP contribution in [0.15, 0.2) is 24.3 Å². The van der Waals surface area contributed by atoms with Gasteiger partial charge in [0.1, 0.15) is 0 Å². The number of carbonyl (C=O) groups excluding carboxylic acids is 1. The van der Waals surface area contributed by atoms with Gasteiger partial charge in [-0.15, -0.1) is 0 Å². The van der Waals surface area contributed by atoms with Crippen molar-refractivity contribution in [1.29, 1.82) is 0 Å². The summed E-state index contributed by atoms with van der Waals surface area (Å²) in [7, 11) is 1.45. The standard InChI is InChI=1S/C14H21NO2/c1-4-5-8-11(2)12-9-6-7-10-13(12)14(16)15-17-3/h6-7,9-11H,4-5,8H2,1-3H3,(H,15,16). The fourth-order valence-corrected chi connectivity index (χ4v) is 1.95. The largest absolute Gasteiger partial charge is 0.277 e. The third kappa shape index (κ3) is 3.86. The maximum absolute atomic E-state index is 11.8. The van der Waals surface area contributed by atoms with E-state index in [0.717, 1.165) is 12.0 Å². The van der Waals surface area contributed by atoms with Crippen LogP contribution in [0.25, 0.3) is 0 Å². The lowest BCUT2D eigenvalue weighted by Crippen LogP contribution is -2.23. The minimum Gasteiger partial charge on any atom is -0.277 e. The van der Waals surface area contributed by atoms with Crippen LogP contribution in [0.3, 0.4) is 0 Å². The van der Waals surface area contributed by atoms with Crippen molar-refractivity contribution in [2.45, 2.75) is 39.0 Å². The van der Waals surface area contributed by atoms with Crippen molar-refractivity contribution < 1.29 is 9.63 Å². The van der Waals surface area contributed by atoms with Crippen molar-refractivity contribution in [2.75, 3.05) is 7.11 Å². The zero-order valence-corrected chi connectivity index (χ0v) is 10.8. The minimum absolute atomic E-state index is 0.175. The first-order valence-corrected chi connectivity index (χ1v) is 6.13. The van der Waals surface area contributed by atoms with E-state index in [1.807, 2.05) is 24.3 Å². The van der Waals surface area contributed by atoms with Crippen molar-refractivity contribution in [3.63, 3.8) is 0 Å². The maximum Gasteiger partial charge on any atom is 0.275 e. The van der Waals surface area contributed by atoms with Gasteiger partial charge in [0.2, 0.25) is 0 Å². The normalized spacial score (nSPS) is 12.2. The fraction of sp³-hybridized carbons (Fsp3) is 0.500. The van der Waals surface area contributed by atoms with Crippen LogP contribution in [0.5, 0.6) is 0 Å². The van der Waals surface area contributed by atoms with Gasteiger partial charge in [0, 0.05) is 5.56 Å². The van der Waals surface area contributed by atoms with Gasteiger partial charge >= 0.3 is 0 Å². The van der Waals surface area contributed by atoms with Crippen LogP contribution in [0.4, 0.5) is 0 Å². The van der Waals surface area contributed by atoms with E-state index >= 15 is 0 Å². The Hall–Kier alpha value is -1.35. The monoisotopic (exact) mass is 235 g/mol. The molecule has 1 atom stereocenters. The summed E-state index contributed by atoms with van der Waals surface area (Å²) >= 11 is 0. The van der Waals surface area contributed by atoms with Crippen LogP contribution in [-0.2, 0) is 4.84 Å². The topological polar surface area (TPSA) is 38.3 Å². The third-order valence-electron chi connectivity index (χ3n) is 2.92. The Morgan fingerprint density at radius 3 is 2.76 bits per heavy atom. The van der Waals surface area contributed by atoms with Gasteiger partial charge in [0.05, 0.1) is 7.11 Å². The summed E-state index contributed by atoms with van der Waals surface area (Å²) in [5.74, 6) is 0.222. The smallest absolute Gasteiger partial charge is 0.275 e. The minimum atomic E-state index is -0.175. The number of unbranched alkanes of at least 4 members (excludes halogenated alkanes) is 1. The molecule has 0 radical (unpaired) electrons. The van der Waals surface area contributed by atoms with E-state index in [1.54, 1.807) is 0 Å². The Kier molecular flexibility index (Phi) is 5.70. The van der Waals surface area contributed by atoms with Gasteiger partial charge in [-0.05, 0) is 24.0 Å². The van der Waals surface area contributed by atoms with Crippen molar-refractivity contribution in [2.24, 2.45) is 0 Å². The number of rotatable bonds is 6. The van der Waals surface area contributed by atoms with Crippen molar-refractivity contribution in [3.8, 4) is 0 Å². The average Bonchev–Trinajstić information content (AvgIpc) is 2.36. The second-order valence-corrected chi connectivity index (χ2v) is 4.27. The summed E-state index contributed by atoms with van der Waals surface area (Å²) in [5, 5.41) is 0. The van der Waals surface area contributed by atoms with Crippen LogP contribution in [-0.4, -0.2) is 13.0 Å². The lowest BCUT2D eigenvalue weighted by atomic mass is 9.91. The molecule has 0 fully saturated rings. The summed E-state index contributed by atoms with van der Waals surface area (Å²) in [4.78, 5) is 16.5. The number of hydrogen-bond donors (Lipinski definition) is 1. The first kappa shape index (κ1) is 13.7. The predicted octanol–water partition coefficient (Wildman–Crippen LogP) is 3.27. The summed E-state index contributed by atoms with van der Waals surface area (Å²) < 4.78 is 0. The van der Waals surface area contributed by atoms with Crippen molar-refractivity contribution >= 4 is 5.91 Å². The predicted molar refractivity (Wildman–Crippen MR) is 68.9 cm³/mol. The van der Waals surface area contributed by atoms with Gasteiger partial charge in [0.15, 0.2) is 0 Å². The van der Waals surface area contributed by atoms with Gasteiger partial charge in [-0.2, -0.15) is 0 Å². The van der Waals surface area contributed by atoms with E-state index in [-0.39, 0.29) is 5.91 Å². The van der Waals surface area contributed by atoms with E-state index in [9.17, 15) is 4.79 Å². The van der Waals surface area contributed by atoms with E-state index in [1.165, 1.54) is 20.0 Å². The molecule has 1 rings (SSSR count). The van der Waals surface area contributed by atoms with Crippen LogP contribution in [0.1, 0.15) is 54.9 Å². The second-order valence-electron chi connectivity index (χ2n) is 4.27. The third-order valence-corrected chi connectivity index (χ3v) is 2.92. The first-order valence-electron chi connectivity index (χ1n) is 6.13. The number of hydrogen-bond acceptors (Lipinski definition) is 2. The summed E-state index contributed by atoms with van der Waals surface area (Å²) in [6, 6.07) is 7.71. The molecule has 1 N–H and O–H groups in total. The Balaban J connectivity index is 2.87. The highest BCUT2D eigenvalue weighted by Gasteiger charge is 2.14. The molecule has 1 aromatic carbocycles. The maximum atomic E-state index is 11.8. The van der Waals surface area contributed by atoms with Gasteiger partial charge in [-0.25, -0.2) is 5.48 Å². The Morgan fingerprint density at radius 1 is 1.41 bits per heavy atom. The van der Waals surface area contributed by atoms with E-state index in [0.29, 0.717) is 11.5 Å². The van der Waals surface area contributed by atoms with Crippen LogP contribution >= 0.6 is 0 Å². The fourth-order valence-electron chi connectivity index (χ4n) is 1.95. The van der Waals surface area contributed by atoms with E-state index < -0.39 is 0 Å². The Morgan fingerprint density at radius 2 is 2.12 bits per heavy atom. The lowest BCUT2D eigenvalue weighted by Gasteiger charge is -2.15.